The van der Waals surface area contributed by atoms with Crippen LogP contribution in [0.3, 0.4) is 0 Å². The van der Waals surface area contributed by atoms with E-state index in [4.69, 9.17) is 10.5 Å². The Bertz CT molecular complexity index is 1310. The number of nitrogens with one attached hydrogen (secondary N) is 1. The summed E-state index contributed by atoms with van der Waals surface area (Å²) in [6, 6.07) is 10.4. The Balaban J connectivity index is 1.74. The standard InChI is InChI=1S/C21H21BN6O4/c1-12-11-28-8-4-7-15(18(23)29)17(28)16(12)19-25-20(27-21(26-19)32-2)24-10-13-5-3-6-14(9-13)22(30)31/h3-9,11,30-31H,10H2,1-2H3,(H2,23,29)(H,24,25,26,27). The first kappa shape index (κ1) is 21.3. The summed E-state index contributed by atoms with van der Waals surface area (Å²) in [4.78, 5) is 25.2. The van der Waals surface area contributed by atoms with Gasteiger partial charge in [-0.05, 0) is 35.6 Å². The molecule has 0 aliphatic heterocycles. The van der Waals surface area contributed by atoms with Gasteiger partial charge in [0.25, 0.3) is 5.91 Å². The lowest BCUT2D eigenvalue weighted by Crippen LogP contribution is -2.30. The van der Waals surface area contributed by atoms with Gasteiger partial charge in [0.15, 0.2) is 5.82 Å². The van der Waals surface area contributed by atoms with Crippen LogP contribution in [-0.4, -0.2) is 49.5 Å². The first-order valence-corrected chi connectivity index (χ1v) is 9.76. The number of amides is 1. The molecule has 1 amide bonds. The number of fused-ring (bicyclic) bond motifs is 1. The normalized spacial score (nSPS) is 10.9. The summed E-state index contributed by atoms with van der Waals surface area (Å²) in [6.45, 7) is 2.22. The second-order valence-electron chi connectivity index (χ2n) is 7.17. The molecular weight excluding hydrogens is 411 g/mol. The van der Waals surface area contributed by atoms with Gasteiger partial charge < -0.3 is 30.2 Å². The van der Waals surface area contributed by atoms with Crippen LogP contribution in [0.25, 0.3) is 16.9 Å². The monoisotopic (exact) mass is 432 g/mol. The smallest absolute Gasteiger partial charge is 0.467 e. The van der Waals surface area contributed by atoms with Gasteiger partial charge in [-0.15, -0.1) is 0 Å². The summed E-state index contributed by atoms with van der Waals surface area (Å²) in [5.74, 6) is 0.0324. The van der Waals surface area contributed by atoms with Crippen molar-refractivity contribution in [3.8, 4) is 17.4 Å². The molecule has 5 N–H and O–H groups in total. The quantitative estimate of drug-likeness (QED) is 0.309. The van der Waals surface area contributed by atoms with E-state index in [0.717, 1.165) is 11.1 Å². The molecule has 0 bridgehead atoms. The highest BCUT2D eigenvalue weighted by Crippen LogP contribution is 2.31. The molecule has 0 atom stereocenters. The summed E-state index contributed by atoms with van der Waals surface area (Å²) in [6.07, 6.45) is 3.69. The highest BCUT2D eigenvalue weighted by Gasteiger charge is 2.20. The number of hydrogen-bond acceptors (Lipinski definition) is 8. The second-order valence-corrected chi connectivity index (χ2v) is 7.17. The summed E-state index contributed by atoms with van der Waals surface area (Å²) >= 11 is 0. The molecule has 11 heteroatoms. The maximum atomic E-state index is 12.0. The van der Waals surface area contributed by atoms with Gasteiger partial charge in [-0.25, -0.2) is 0 Å². The Morgan fingerprint density at radius 2 is 2.03 bits per heavy atom. The Labute approximate surface area is 183 Å². The number of ether oxygens (including phenoxy) is 1. The maximum absolute atomic E-state index is 12.0. The Hall–Kier alpha value is -3.96. The van der Waals surface area contributed by atoms with Gasteiger partial charge in [-0.2, -0.15) is 15.0 Å². The van der Waals surface area contributed by atoms with Gasteiger partial charge in [-0.3, -0.25) is 4.79 Å². The van der Waals surface area contributed by atoms with Crippen molar-refractivity contribution in [1.82, 2.24) is 19.4 Å². The molecule has 0 aliphatic rings. The number of carbonyl (C=O) groups is 1. The molecule has 32 heavy (non-hydrogen) atoms. The molecule has 0 radical (unpaired) electrons. The lowest BCUT2D eigenvalue weighted by Gasteiger charge is -2.10. The first-order valence-electron chi connectivity index (χ1n) is 9.76. The number of nitrogens with two attached hydrogens (primary N) is 1. The van der Waals surface area contributed by atoms with Crippen LogP contribution in [0.4, 0.5) is 5.95 Å². The molecule has 1 aromatic carbocycles. The minimum absolute atomic E-state index is 0.104. The first-order chi connectivity index (χ1) is 15.4. The van der Waals surface area contributed by atoms with E-state index in [0.29, 0.717) is 34.5 Å². The number of aromatic nitrogens is 4. The van der Waals surface area contributed by atoms with Crippen LogP contribution in [0.15, 0.2) is 48.8 Å². The molecule has 4 rings (SSSR count). The third kappa shape index (κ3) is 4.11. The van der Waals surface area contributed by atoms with E-state index in [9.17, 15) is 14.8 Å². The van der Waals surface area contributed by atoms with Crippen molar-refractivity contribution in [3.63, 3.8) is 0 Å². The van der Waals surface area contributed by atoms with Gasteiger partial charge in [0.2, 0.25) is 5.95 Å². The van der Waals surface area contributed by atoms with Gasteiger partial charge >= 0.3 is 13.1 Å². The van der Waals surface area contributed by atoms with Crippen molar-refractivity contribution in [2.45, 2.75) is 13.5 Å². The van der Waals surface area contributed by atoms with Crippen molar-refractivity contribution in [3.05, 3.63) is 65.5 Å². The molecule has 0 spiro atoms. The fourth-order valence-electron chi connectivity index (χ4n) is 3.52. The molecule has 3 heterocycles. The number of aryl methyl sites for hydroxylation is 1. The Morgan fingerprint density at radius 1 is 1.22 bits per heavy atom. The maximum Gasteiger partial charge on any atom is 0.488 e. The molecule has 0 saturated carbocycles. The van der Waals surface area contributed by atoms with E-state index in [1.54, 1.807) is 34.7 Å². The van der Waals surface area contributed by atoms with Crippen LogP contribution in [0.5, 0.6) is 6.01 Å². The molecule has 0 unspecified atom stereocenters. The number of primary amides is 1. The molecule has 3 aromatic heterocycles. The average molecular weight is 432 g/mol. The van der Waals surface area contributed by atoms with Crippen molar-refractivity contribution in [1.29, 1.82) is 0 Å². The zero-order chi connectivity index (χ0) is 22.8. The Kier molecular flexibility index (Phi) is 5.76. The van der Waals surface area contributed by atoms with Crippen molar-refractivity contribution in [2.24, 2.45) is 5.73 Å². The number of methoxy groups -OCH3 is 1. The summed E-state index contributed by atoms with van der Waals surface area (Å²) in [7, 11) is -0.0986. The van der Waals surface area contributed by atoms with E-state index in [-0.39, 0.29) is 12.0 Å². The van der Waals surface area contributed by atoms with Gasteiger partial charge in [0.05, 0.1) is 18.2 Å². The van der Waals surface area contributed by atoms with Gasteiger partial charge in [-0.1, -0.05) is 24.3 Å². The zero-order valence-electron chi connectivity index (χ0n) is 17.5. The molecule has 162 valence electrons. The van der Waals surface area contributed by atoms with Crippen LogP contribution in [0, 0.1) is 6.92 Å². The fourth-order valence-corrected chi connectivity index (χ4v) is 3.52. The highest BCUT2D eigenvalue weighted by atomic mass is 16.5. The van der Waals surface area contributed by atoms with Crippen LogP contribution in [0.2, 0.25) is 0 Å². The van der Waals surface area contributed by atoms with Gasteiger partial charge in [0.1, 0.15) is 0 Å². The predicted molar refractivity (Wildman–Crippen MR) is 120 cm³/mol. The van der Waals surface area contributed by atoms with Crippen LogP contribution in [0.1, 0.15) is 21.5 Å². The Morgan fingerprint density at radius 3 is 2.75 bits per heavy atom. The minimum Gasteiger partial charge on any atom is -0.467 e. The van der Waals surface area contributed by atoms with E-state index < -0.39 is 13.0 Å². The third-order valence-corrected chi connectivity index (χ3v) is 4.97. The molecular formula is C21H21BN6O4. The molecule has 10 nitrogen and oxygen atoms in total. The van der Waals surface area contributed by atoms with E-state index >= 15 is 0 Å². The highest BCUT2D eigenvalue weighted by molar-refractivity contribution is 6.58. The van der Waals surface area contributed by atoms with Crippen LogP contribution >= 0.6 is 0 Å². The predicted octanol–water partition coefficient (Wildman–Crippen LogP) is 0.499. The zero-order valence-corrected chi connectivity index (χ0v) is 17.5. The van der Waals surface area contributed by atoms with E-state index in [1.165, 1.54) is 7.11 Å². The van der Waals surface area contributed by atoms with E-state index in [1.807, 2.05) is 25.4 Å². The number of carbonyl (C=O) groups excluding carboxylic acids is 1. The fraction of sp³-hybridized carbons (Fsp3) is 0.143. The number of benzene rings is 1. The lowest BCUT2D eigenvalue weighted by molar-refractivity contribution is 0.100. The number of anilines is 1. The number of rotatable bonds is 7. The average Bonchev–Trinajstić information content (AvgIpc) is 3.13. The van der Waals surface area contributed by atoms with E-state index in [2.05, 4.69) is 20.3 Å². The summed E-state index contributed by atoms with van der Waals surface area (Å²) < 4.78 is 7.06. The molecule has 0 fully saturated rings. The molecule has 0 aliphatic carbocycles. The topological polar surface area (TPSA) is 148 Å². The number of hydrogen-bond donors (Lipinski definition) is 4. The van der Waals surface area contributed by atoms with Crippen molar-refractivity contribution < 1.29 is 19.6 Å². The number of nitrogens with zero attached hydrogens (tertiary/aromatic N) is 4. The summed E-state index contributed by atoms with van der Waals surface area (Å²) in [5.41, 5.74) is 9.22. The number of pyridine rings is 1. The summed E-state index contributed by atoms with van der Waals surface area (Å²) in [5, 5.41) is 21.8. The minimum atomic E-state index is -1.55. The van der Waals surface area contributed by atoms with Crippen LogP contribution in [-0.2, 0) is 6.54 Å². The SMILES string of the molecule is COc1nc(NCc2cccc(B(O)O)c2)nc(-c2c(C)cn3cccc(C(N)=O)c23)n1. The largest absolute Gasteiger partial charge is 0.488 e. The third-order valence-electron chi connectivity index (χ3n) is 4.97. The molecule has 4 aromatic rings. The molecule has 0 saturated heterocycles. The van der Waals surface area contributed by atoms with Gasteiger partial charge in [0, 0.05) is 24.5 Å². The van der Waals surface area contributed by atoms with Crippen molar-refractivity contribution in [2.75, 3.05) is 12.4 Å². The second kappa shape index (κ2) is 8.65. The lowest BCUT2D eigenvalue weighted by atomic mass is 9.80. The van der Waals surface area contributed by atoms with Crippen LogP contribution < -0.4 is 21.3 Å². The van der Waals surface area contributed by atoms with Crippen molar-refractivity contribution >= 4 is 30.0 Å².